The summed E-state index contributed by atoms with van der Waals surface area (Å²) in [6.07, 6.45) is 2.06. The molecule has 0 spiro atoms. The zero-order valence-electron chi connectivity index (χ0n) is 14.4. The van der Waals surface area contributed by atoms with Gasteiger partial charge in [0.1, 0.15) is 0 Å². The first-order valence-corrected chi connectivity index (χ1v) is 8.47. The predicted molar refractivity (Wildman–Crippen MR) is 98.1 cm³/mol. The molecular weight excluding hydrogens is 298 g/mol. The number of rotatable bonds is 4. The smallest absolute Gasteiger partial charge is 0.254 e. The van der Waals surface area contributed by atoms with Gasteiger partial charge in [-0.3, -0.25) is 4.79 Å². The van der Waals surface area contributed by atoms with E-state index in [2.05, 4.69) is 29.2 Å². The van der Waals surface area contributed by atoms with Crippen LogP contribution in [0.15, 0.2) is 48.5 Å². The summed E-state index contributed by atoms with van der Waals surface area (Å²) in [4.78, 5) is 17.0. The normalized spacial score (nSPS) is 17.1. The number of nitrogens with two attached hydrogens (primary N) is 1. The van der Waals surface area contributed by atoms with Crippen molar-refractivity contribution < 1.29 is 4.79 Å². The van der Waals surface area contributed by atoms with Crippen molar-refractivity contribution in [3.63, 3.8) is 0 Å². The topological polar surface area (TPSA) is 49.6 Å². The van der Waals surface area contributed by atoms with E-state index in [1.165, 1.54) is 11.3 Å². The standard InChI is InChI=1S/C20H25N3O/c1-22(2)18-6-3-5-17(13-18)19-7-4-12-23(19)20(24)16-10-8-15(14-21)9-11-16/h3,5-6,8-11,13,19H,4,7,12,14,21H2,1-2H3. The van der Waals surface area contributed by atoms with Crippen LogP contribution in [0.5, 0.6) is 0 Å². The molecule has 0 radical (unpaired) electrons. The third-order valence-corrected chi connectivity index (χ3v) is 4.72. The average molecular weight is 323 g/mol. The molecule has 1 amide bonds. The Kier molecular flexibility index (Phi) is 4.86. The summed E-state index contributed by atoms with van der Waals surface area (Å²) >= 11 is 0. The summed E-state index contributed by atoms with van der Waals surface area (Å²) in [5, 5.41) is 0. The lowest BCUT2D eigenvalue weighted by Crippen LogP contribution is -2.30. The molecule has 1 aliphatic rings. The first-order valence-electron chi connectivity index (χ1n) is 8.47. The van der Waals surface area contributed by atoms with Crippen LogP contribution in [-0.2, 0) is 6.54 Å². The van der Waals surface area contributed by atoms with E-state index in [4.69, 9.17) is 5.73 Å². The Bertz CT molecular complexity index is 709. The predicted octanol–water partition coefficient (Wildman–Crippen LogP) is 3.19. The van der Waals surface area contributed by atoms with E-state index in [1.807, 2.05) is 43.3 Å². The van der Waals surface area contributed by atoms with E-state index < -0.39 is 0 Å². The molecule has 126 valence electrons. The van der Waals surface area contributed by atoms with Crippen LogP contribution in [0.1, 0.15) is 40.4 Å². The van der Waals surface area contributed by atoms with Crippen molar-refractivity contribution >= 4 is 11.6 Å². The quantitative estimate of drug-likeness (QED) is 0.940. The summed E-state index contributed by atoms with van der Waals surface area (Å²) < 4.78 is 0. The molecule has 1 saturated heterocycles. The fourth-order valence-electron chi connectivity index (χ4n) is 3.32. The number of benzene rings is 2. The van der Waals surface area contributed by atoms with Crippen LogP contribution in [0.3, 0.4) is 0 Å². The van der Waals surface area contributed by atoms with Crippen molar-refractivity contribution in [1.29, 1.82) is 0 Å². The van der Waals surface area contributed by atoms with Crippen molar-refractivity contribution in [2.45, 2.75) is 25.4 Å². The SMILES string of the molecule is CN(C)c1cccc(C2CCCN2C(=O)c2ccc(CN)cc2)c1. The molecule has 2 aromatic carbocycles. The molecule has 4 heteroatoms. The lowest BCUT2D eigenvalue weighted by atomic mass is 10.0. The van der Waals surface area contributed by atoms with E-state index in [0.717, 1.165) is 30.5 Å². The average Bonchev–Trinajstić information content (AvgIpc) is 3.11. The number of carbonyl (C=O) groups excluding carboxylic acids is 1. The van der Waals surface area contributed by atoms with E-state index in [-0.39, 0.29) is 11.9 Å². The minimum absolute atomic E-state index is 0.108. The lowest BCUT2D eigenvalue weighted by molar-refractivity contribution is 0.0735. The van der Waals surface area contributed by atoms with Gasteiger partial charge in [0.2, 0.25) is 0 Å². The van der Waals surface area contributed by atoms with Crippen LogP contribution in [-0.4, -0.2) is 31.4 Å². The van der Waals surface area contributed by atoms with Gasteiger partial charge in [-0.25, -0.2) is 0 Å². The van der Waals surface area contributed by atoms with E-state index >= 15 is 0 Å². The van der Waals surface area contributed by atoms with Crippen LogP contribution in [0, 0.1) is 0 Å². The Labute approximate surface area is 143 Å². The van der Waals surface area contributed by atoms with Crippen LogP contribution >= 0.6 is 0 Å². The number of nitrogens with zero attached hydrogens (tertiary/aromatic N) is 2. The Morgan fingerprint density at radius 1 is 1.21 bits per heavy atom. The fraction of sp³-hybridized carbons (Fsp3) is 0.350. The molecule has 1 aliphatic heterocycles. The zero-order chi connectivity index (χ0) is 17.1. The number of anilines is 1. The van der Waals surface area contributed by atoms with Crippen molar-refractivity contribution in [2.75, 3.05) is 25.5 Å². The largest absolute Gasteiger partial charge is 0.378 e. The summed E-state index contributed by atoms with van der Waals surface area (Å²) in [6.45, 7) is 1.31. The maximum absolute atomic E-state index is 12.9. The third kappa shape index (κ3) is 3.29. The molecule has 0 aromatic heterocycles. The van der Waals surface area contributed by atoms with Crippen LogP contribution in [0.25, 0.3) is 0 Å². The Balaban J connectivity index is 1.84. The highest BCUT2D eigenvalue weighted by atomic mass is 16.2. The molecule has 3 rings (SSSR count). The summed E-state index contributed by atoms with van der Waals surface area (Å²) in [5.41, 5.74) is 9.80. The van der Waals surface area contributed by atoms with Gasteiger partial charge in [-0.15, -0.1) is 0 Å². The molecule has 2 N–H and O–H groups in total. The Morgan fingerprint density at radius 2 is 1.96 bits per heavy atom. The first kappa shape index (κ1) is 16.5. The van der Waals surface area contributed by atoms with Gasteiger partial charge in [0.05, 0.1) is 6.04 Å². The molecule has 4 nitrogen and oxygen atoms in total. The molecular formula is C20H25N3O. The van der Waals surface area contributed by atoms with Gasteiger partial charge >= 0.3 is 0 Å². The molecule has 1 unspecified atom stereocenters. The Morgan fingerprint density at radius 3 is 2.62 bits per heavy atom. The zero-order valence-corrected chi connectivity index (χ0v) is 14.4. The number of amides is 1. The second kappa shape index (κ2) is 7.05. The highest BCUT2D eigenvalue weighted by Crippen LogP contribution is 2.34. The molecule has 1 atom stereocenters. The molecule has 0 aliphatic carbocycles. The summed E-state index contributed by atoms with van der Waals surface area (Å²) in [7, 11) is 4.07. The van der Waals surface area contributed by atoms with E-state index in [0.29, 0.717) is 6.54 Å². The second-order valence-corrected chi connectivity index (χ2v) is 6.55. The van der Waals surface area contributed by atoms with Crippen molar-refractivity contribution in [3.8, 4) is 0 Å². The summed E-state index contributed by atoms with van der Waals surface area (Å²) in [6, 6.07) is 16.3. The van der Waals surface area contributed by atoms with E-state index in [9.17, 15) is 4.79 Å². The van der Waals surface area contributed by atoms with Gasteiger partial charge in [0, 0.05) is 38.4 Å². The van der Waals surface area contributed by atoms with Crippen LogP contribution in [0.4, 0.5) is 5.69 Å². The number of hydrogen-bond acceptors (Lipinski definition) is 3. The van der Waals surface area contributed by atoms with Gasteiger partial charge < -0.3 is 15.5 Å². The van der Waals surface area contributed by atoms with Gasteiger partial charge in [-0.05, 0) is 48.2 Å². The maximum Gasteiger partial charge on any atom is 0.254 e. The van der Waals surface area contributed by atoms with Gasteiger partial charge in [-0.2, -0.15) is 0 Å². The van der Waals surface area contributed by atoms with Gasteiger partial charge in [0.25, 0.3) is 5.91 Å². The highest BCUT2D eigenvalue weighted by molar-refractivity contribution is 5.94. The Hall–Kier alpha value is -2.33. The monoisotopic (exact) mass is 323 g/mol. The molecule has 1 heterocycles. The summed E-state index contributed by atoms with van der Waals surface area (Å²) in [5.74, 6) is 0.108. The highest BCUT2D eigenvalue weighted by Gasteiger charge is 2.30. The lowest BCUT2D eigenvalue weighted by Gasteiger charge is -2.26. The molecule has 0 bridgehead atoms. The first-order chi connectivity index (χ1) is 11.6. The van der Waals surface area contributed by atoms with Crippen LogP contribution < -0.4 is 10.6 Å². The van der Waals surface area contributed by atoms with Gasteiger partial charge in [-0.1, -0.05) is 24.3 Å². The molecule has 24 heavy (non-hydrogen) atoms. The van der Waals surface area contributed by atoms with Gasteiger partial charge in [0.15, 0.2) is 0 Å². The molecule has 0 saturated carbocycles. The maximum atomic E-state index is 12.9. The minimum atomic E-state index is 0.108. The fourth-order valence-corrected chi connectivity index (χ4v) is 3.32. The molecule has 1 fully saturated rings. The third-order valence-electron chi connectivity index (χ3n) is 4.72. The van der Waals surface area contributed by atoms with Crippen LogP contribution in [0.2, 0.25) is 0 Å². The molecule has 2 aromatic rings. The number of hydrogen-bond donors (Lipinski definition) is 1. The number of carbonyl (C=O) groups is 1. The van der Waals surface area contributed by atoms with E-state index in [1.54, 1.807) is 0 Å². The minimum Gasteiger partial charge on any atom is -0.378 e. The van der Waals surface area contributed by atoms with Crippen molar-refractivity contribution in [2.24, 2.45) is 5.73 Å². The van der Waals surface area contributed by atoms with Crippen molar-refractivity contribution in [1.82, 2.24) is 4.90 Å². The van der Waals surface area contributed by atoms with Crippen molar-refractivity contribution in [3.05, 3.63) is 65.2 Å². The number of likely N-dealkylation sites (tertiary alicyclic amines) is 1. The second-order valence-electron chi connectivity index (χ2n) is 6.55.